The number of aromatic nitrogens is 1. The fraction of sp³-hybridized carbons (Fsp3) is 0.0714. The first-order valence-corrected chi connectivity index (χ1v) is 5.78. The molecule has 0 saturated heterocycles. The Bertz CT molecular complexity index is 623. The standard InChI is InChI=1S/C14H12N2O4/c17-13-2-1-7-15-12(13)8-16-20-9-10-3-5-11(6-4-10)14(18)19/h1-8,17H,9H2,(H,18,19). The molecule has 6 heteroatoms. The van der Waals surface area contributed by atoms with E-state index < -0.39 is 5.97 Å². The second kappa shape index (κ2) is 6.33. The Kier molecular flexibility index (Phi) is 4.28. The molecule has 1 aromatic heterocycles. The summed E-state index contributed by atoms with van der Waals surface area (Å²) in [4.78, 5) is 19.6. The number of aromatic carboxylic acids is 1. The monoisotopic (exact) mass is 272 g/mol. The first-order chi connectivity index (χ1) is 9.66. The van der Waals surface area contributed by atoms with Gasteiger partial charge in [0.05, 0.1) is 11.8 Å². The molecule has 0 bridgehead atoms. The second-order valence-electron chi connectivity index (χ2n) is 3.92. The molecule has 0 unspecified atom stereocenters. The van der Waals surface area contributed by atoms with Crippen molar-refractivity contribution in [2.45, 2.75) is 6.61 Å². The Balaban J connectivity index is 1.90. The molecule has 1 heterocycles. The SMILES string of the molecule is O=C(O)c1ccc(CON=Cc2ncccc2O)cc1. The van der Waals surface area contributed by atoms with Crippen LogP contribution in [0, 0.1) is 0 Å². The van der Waals surface area contributed by atoms with Crippen LogP contribution < -0.4 is 0 Å². The molecule has 0 saturated carbocycles. The summed E-state index contributed by atoms with van der Waals surface area (Å²) < 4.78 is 0. The van der Waals surface area contributed by atoms with E-state index in [1.807, 2.05) is 0 Å². The van der Waals surface area contributed by atoms with Crippen molar-refractivity contribution in [3.8, 4) is 5.75 Å². The third-order valence-electron chi connectivity index (χ3n) is 2.50. The van der Waals surface area contributed by atoms with Gasteiger partial charge in [0.2, 0.25) is 0 Å². The molecule has 20 heavy (non-hydrogen) atoms. The number of carboxylic acid groups (broad SMARTS) is 1. The topological polar surface area (TPSA) is 92.0 Å². The van der Waals surface area contributed by atoms with E-state index in [0.29, 0.717) is 5.69 Å². The van der Waals surface area contributed by atoms with Gasteiger partial charge in [-0.1, -0.05) is 17.3 Å². The molecule has 0 atom stereocenters. The minimum absolute atomic E-state index is 0.0191. The number of hydrogen-bond acceptors (Lipinski definition) is 5. The van der Waals surface area contributed by atoms with Gasteiger partial charge in [-0.2, -0.15) is 0 Å². The molecule has 0 aliphatic heterocycles. The van der Waals surface area contributed by atoms with Crippen LogP contribution >= 0.6 is 0 Å². The summed E-state index contributed by atoms with van der Waals surface area (Å²) in [6, 6.07) is 9.40. The third kappa shape index (κ3) is 3.55. The van der Waals surface area contributed by atoms with Gasteiger partial charge < -0.3 is 15.1 Å². The first-order valence-electron chi connectivity index (χ1n) is 5.78. The van der Waals surface area contributed by atoms with Crippen LogP contribution in [0.2, 0.25) is 0 Å². The van der Waals surface area contributed by atoms with Crippen molar-refractivity contribution in [2.75, 3.05) is 0 Å². The largest absolute Gasteiger partial charge is 0.506 e. The number of benzene rings is 1. The maximum Gasteiger partial charge on any atom is 0.335 e. The van der Waals surface area contributed by atoms with Crippen LogP contribution in [0.4, 0.5) is 0 Å². The Labute approximate surface area is 115 Å². The normalized spacial score (nSPS) is 10.6. The van der Waals surface area contributed by atoms with Crippen LogP contribution in [0.5, 0.6) is 5.75 Å². The lowest BCUT2D eigenvalue weighted by atomic mass is 10.1. The summed E-state index contributed by atoms with van der Waals surface area (Å²) in [6.07, 6.45) is 2.84. The second-order valence-corrected chi connectivity index (χ2v) is 3.92. The Morgan fingerprint density at radius 1 is 1.30 bits per heavy atom. The number of aromatic hydroxyl groups is 1. The van der Waals surface area contributed by atoms with Gasteiger partial charge in [0, 0.05) is 6.20 Å². The minimum Gasteiger partial charge on any atom is -0.506 e. The third-order valence-corrected chi connectivity index (χ3v) is 2.50. The van der Waals surface area contributed by atoms with E-state index in [1.165, 1.54) is 30.6 Å². The van der Waals surface area contributed by atoms with Crippen molar-refractivity contribution in [2.24, 2.45) is 5.16 Å². The lowest BCUT2D eigenvalue weighted by molar-refractivity contribution is 0.0696. The van der Waals surface area contributed by atoms with Crippen LogP contribution in [0.25, 0.3) is 0 Å². The Morgan fingerprint density at radius 2 is 2.05 bits per heavy atom. The van der Waals surface area contributed by atoms with Crippen molar-refractivity contribution in [3.05, 3.63) is 59.4 Å². The summed E-state index contributed by atoms with van der Waals surface area (Å²) in [5, 5.41) is 21.9. The fourth-order valence-corrected chi connectivity index (χ4v) is 1.45. The van der Waals surface area contributed by atoms with Gasteiger partial charge in [-0.05, 0) is 29.8 Å². The minimum atomic E-state index is -0.971. The molecule has 102 valence electrons. The highest BCUT2D eigenvalue weighted by Crippen LogP contribution is 2.10. The molecular weight excluding hydrogens is 260 g/mol. The molecule has 2 N–H and O–H groups in total. The van der Waals surface area contributed by atoms with Crippen LogP contribution in [0.15, 0.2) is 47.8 Å². The van der Waals surface area contributed by atoms with Crippen LogP contribution in [-0.2, 0) is 11.4 Å². The van der Waals surface area contributed by atoms with E-state index in [4.69, 9.17) is 9.94 Å². The van der Waals surface area contributed by atoms with Crippen molar-refractivity contribution in [3.63, 3.8) is 0 Å². The zero-order valence-electron chi connectivity index (χ0n) is 10.4. The highest BCUT2D eigenvalue weighted by molar-refractivity contribution is 5.87. The highest BCUT2D eigenvalue weighted by atomic mass is 16.6. The van der Waals surface area contributed by atoms with Crippen LogP contribution in [-0.4, -0.2) is 27.4 Å². The zero-order chi connectivity index (χ0) is 14.4. The number of hydrogen-bond donors (Lipinski definition) is 2. The molecule has 2 aromatic rings. The van der Waals surface area contributed by atoms with Gasteiger partial charge >= 0.3 is 5.97 Å². The maximum atomic E-state index is 10.7. The van der Waals surface area contributed by atoms with E-state index in [-0.39, 0.29) is 17.9 Å². The summed E-state index contributed by atoms with van der Waals surface area (Å²) in [5.74, 6) is -0.952. The predicted molar refractivity (Wildman–Crippen MR) is 71.7 cm³/mol. The summed E-state index contributed by atoms with van der Waals surface area (Å²) in [6.45, 7) is 0.198. The van der Waals surface area contributed by atoms with E-state index in [9.17, 15) is 9.90 Å². The number of oxime groups is 1. The smallest absolute Gasteiger partial charge is 0.335 e. The molecule has 2 rings (SSSR count). The lowest BCUT2D eigenvalue weighted by Crippen LogP contribution is -1.96. The fourth-order valence-electron chi connectivity index (χ4n) is 1.45. The van der Waals surface area contributed by atoms with E-state index in [2.05, 4.69) is 10.1 Å². The molecule has 0 radical (unpaired) electrons. The summed E-state index contributed by atoms with van der Waals surface area (Å²) in [7, 11) is 0. The van der Waals surface area contributed by atoms with Crippen molar-refractivity contribution in [1.29, 1.82) is 0 Å². The predicted octanol–water partition coefficient (Wildman–Crippen LogP) is 2.04. The summed E-state index contributed by atoms with van der Waals surface area (Å²) in [5.41, 5.74) is 1.32. The molecule has 0 spiro atoms. The molecule has 0 fully saturated rings. The average molecular weight is 272 g/mol. The van der Waals surface area contributed by atoms with Crippen molar-refractivity contribution >= 4 is 12.2 Å². The number of carbonyl (C=O) groups is 1. The van der Waals surface area contributed by atoms with Gasteiger partial charge in [0.1, 0.15) is 18.1 Å². The average Bonchev–Trinajstić information content (AvgIpc) is 2.46. The van der Waals surface area contributed by atoms with Crippen LogP contribution in [0.1, 0.15) is 21.6 Å². The molecular formula is C14H12N2O4. The molecule has 1 aromatic carbocycles. The van der Waals surface area contributed by atoms with Gasteiger partial charge in [0.15, 0.2) is 0 Å². The van der Waals surface area contributed by atoms with E-state index in [1.54, 1.807) is 18.2 Å². The number of rotatable bonds is 5. The Hall–Kier alpha value is -2.89. The van der Waals surface area contributed by atoms with Gasteiger partial charge in [-0.15, -0.1) is 0 Å². The van der Waals surface area contributed by atoms with Crippen molar-refractivity contribution in [1.82, 2.24) is 4.98 Å². The van der Waals surface area contributed by atoms with Gasteiger partial charge in [-0.3, -0.25) is 4.98 Å². The molecule has 0 aliphatic rings. The summed E-state index contributed by atoms with van der Waals surface area (Å²) >= 11 is 0. The van der Waals surface area contributed by atoms with Gasteiger partial charge in [-0.25, -0.2) is 4.79 Å². The molecule has 6 nitrogen and oxygen atoms in total. The maximum absolute atomic E-state index is 10.7. The quantitative estimate of drug-likeness (QED) is 0.642. The van der Waals surface area contributed by atoms with E-state index in [0.717, 1.165) is 5.56 Å². The zero-order valence-corrected chi connectivity index (χ0v) is 10.4. The number of carboxylic acids is 1. The van der Waals surface area contributed by atoms with E-state index >= 15 is 0 Å². The lowest BCUT2D eigenvalue weighted by Gasteiger charge is -2.01. The highest BCUT2D eigenvalue weighted by Gasteiger charge is 2.01. The Morgan fingerprint density at radius 3 is 2.70 bits per heavy atom. The molecule has 0 aliphatic carbocycles. The number of pyridine rings is 1. The number of nitrogens with zero attached hydrogens (tertiary/aromatic N) is 2. The van der Waals surface area contributed by atoms with Crippen molar-refractivity contribution < 1.29 is 19.8 Å². The van der Waals surface area contributed by atoms with Gasteiger partial charge in [0.25, 0.3) is 0 Å². The molecule has 0 amide bonds. The first kappa shape index (κ1) is 13.5. The van der Waals surface area contributed by atoms with Crippen LogP contribution in [0.3, 0.4) is 0 Å².